The number of nitrogens with zero attached hydrogens (tertiary/aromatic N) is 1. The third-order valence-corrected chi connectivity index (χ3v) is 2.57. The Labute approximate surface area is 110 Å². The summed E-state index contributed by atoms with van der Waals surface area (Å²) in [6, 6.07) is 15.4. The van der Waals surface area contributed by atoms with E-state index in [9.17, 15) is 4.79 Å². The largest absolute Gasteiger partial charge is 0.489 e. The van der Waals surface area contributed by atoms with Crippen molar-refractivity contribution in [1.82, 2.24) is 0 Å². The normalized spacial score (nSPS) is 9.63. The number of carboxylic acid groups (broad SMARTS) is 1. The number of benzene rings is 2. The van der Waals surface area contributed by atoms with Crippen molar-refractivity contribution in [2.75, 3.05) is 0 Å². The molecular formula is C15H11NO3. The SMILES string of the molecule is N#Cc1cccc(OCc2ccc(C(=O)O)cc2)c1. The summed E-state index contributed by atoms with van der Waals surface area (Å²) in [5, 5.41) is 17.5. The summed E-state index contributed by atoms with van der Waals surface area (Å²) >= 11 is 0. The fourth-order valence-electron chi connectivity index (χ4n) is 1.57. The number of carbonyl (C=O) groups is 1. The van der Waals surface area contributed by atoms with Crippen molar-refractivity contribution in [2.24, 2.45) is 0 Å². The van der Waals surface area contributed by atoms with Gasteiger partial charge in [-0.25, -0.2) is 4.79 Å². The van der Waals surface area contributed by atoms with Crippen LogP contribution in [0.2, 0.25) is 0 Å². The molecule has 0 saturated carbocycles. The standard InChI is InChI=1S/C15H11NO3/c16-9-12-2-1-3-14(8-12)19-10-11-4-6-13(7-5-11)15(17)18/h1-8H,10H2,(H,17,18). The Hall–Kier alpha value is -2.80. The van der Waals surface area contributed by atoms with Crippen molar-refractivity contribution in [3.8, 4) is 11.8 Å². The molecule has 0 unspecified atom stereocenters. The van der Waals surface area contributed by atoms with Gasteiger partial charge in [-0.15, -0.1) is 0 Å². The molecule has 2 aromatic carbocycles. The molecule has 0 radical (unpaired) electrons. The van der Waals surface area contributed by atoms with Gasteiger partial charge in [-0.05, 0) is 35.9 Å². The predicted octanol–water partition coefficient (Wildman–Crippen LogP) is 2.84. The van der Waals surface area contributed by atoms with E-state index < -0.39 is 5.97 Å². The molecule has 0 fully saturated rings. The van der Waals surface area contributed by atoms with Crippen molar-refractivity contribution in [1.29, 1.82) is 5.26 Å². The lowest BCUT2D eigenvalue weighted by Crippen LogP contribution is -1.99. The van der Waals surface area contributed by atoms with Crippen LogP contribution in [0.5, 0.6) is 5.75 Å². The summed E-state index contributed by atoms with van der Waals surface area (Å²) in [7, 11) is 0. The van der Waals surface area contributed by atoms with Crippen LogP contribution in [0.3, 0.4) is 0 Å². The molecule has 0 heterocycles. The highest BCUT2D eigenvalue weighted by atomic mass is 16.5. The van der Waals surface area contributed by atoms with Gasteiger partial charge < -0.3 is 9.84 Å². The maximum atomic E-state index is 10.7. The van der Waals surface area contributed by atoms with Crippen molar-refractivity contribution in [3.63, 3.8) is 0 Å². The molecule has 0 aliphatic carbocycles. The minimum atomic E-state index is -0.950. The van der Waals surface area contributed by atoms with Gasteiger partial charge in [0.2, 0.25) is 0 Å². The molecule has 0 atom stereocenters. The highest BCUT2D eigenvalue weighted by molar-refractivity contribution is 5.87. The molecule has 4 heteroatoms. The third kappa shape index (κ3) is 3.33. The van der Waals surface area contributed by atoms with Crippen LogP contribution in [-0.2, 0) is 6.61 Å². The monoisotopic (exact) mass is 253 g/mol. The number of carboxylic acids is 1. The Morgan fingerprint density at radius 1 is 1.21 bits per heavy atom. The van der Waals surface area contributed by atoms with E-state index in [1.165, 1.54) is 12.1 Å². The Morgan fingerprint density at radius 3 is 2.58 bits per heavy atom. The molecule has 4 nitrogen and oxygen atoms in total. The maximum Gasteiger partial charge on any atom is 0.335 e. The van der Waals surface area contributed by atoms with Crippen LogP contribution in [0.15, 0.2) is 48.5 Å². The highest BCUT2D eigenvalue weighted by Crippen LogP contribution is 2.15. The number of nitriles is 1. The molecule has 1 N–H and O–H groups in total. The van der Waals surface area contributed by atoms with E-state index in [1.54, 1.807) is 36.4 Å². The van der Waals surface area contributed by atoms with Crippen LogP contribution < -0.4 is 4.74 Å². The van der Waals surface area contributed by atoms with Crippen molar-refractivity contribution < 1.29 is 14.6 Å². The van der Waals surface area contributed by atoms with Crippen molar-refractivity contribution in [2.45, 2.75) is 6.61 Å². The van der Waals surface area contributed by atoms with Gasteiger partial charge >= 0.3 is 5.97 Å². The lowest BCUT2D eigenvalue weighted by atomic mass is 10.1. The van der Waals surface area contributed by atoms with Gasteiger partial charge in [0.05, 0.1) is 17.2 Å². The fourth-order valence-corrected chi connectivity index (χ4v) is 1.57. The first-order chi connectivity index (χ1) is 9.19. The summed E-state index contributed by atoms with van der Waals surface area (Å²) in [5.41, 5.74) is 1.65. The van der Waals surface area contributed by atoms with Crippen molar-refractivity contribution >= 4 is 5.97 Å². The highest BCUT2D eigenvalue weighted by Gasteiger charge is 2.02. The number of ether oxygens (including phenoxy) is 1. The Balaban J connectivity index is 2.02. The lowest BCUT2D eigenvalue weighted by Gasteiger charge is -2.06. The molecular weight excluding hydrogens is 242 g/mol. The first-order valence-corrected chi connectivity index (χ1v) is 5.64. The van der Waals surface area contributed by atoms with Gasteiger partial charge in [-0.2, -0.15) is 5.26 Å². The molecule has 2 rings (SSSR count). The van der Waals surface area contributed by atoms with Crippen LogP contribution in [0, 0.1) is 11.3 Å². The second-order valence-corrected chi connectivity index (χ2v) is 3.93. The fraction of sp³-hybridized carbons (Fsp3) is 0.0667. The summed E-state index contributed by atoms with van der Waals surface area (Å²) in [4.78, 5) is 10.7. The molecule has 0 aromatic heterocycles. The number of hydrogen-bond acceptors (Lipinski definition) is 3. The molecule has 0 aliphatic heterocycles. The Morgan fingerprint density at radius 2 is 1.95 bits per heavy atom. The van der Waals surface area contributed by atoms with E-state index >= 15 is 0 Å². The average molecular weight is 253 g/mol. The average Bonchev–Trinajstić information content (AvgIpc) is 2.46. The first kappa shape index (κ1) is 12.7. The van der Waals surface area contributed by atoms with Gasteiger partial charge in [0.1, 0.15) is 12.4 Å². The molecule has 0 aliphatic rings. The van der Waals surface area contributed by atoms with E-state index in [0.29, 0.717) is 17.9 Å². The molecule has 0 bridgehead atoms. The molecule has 94 valence electrons. The quantitative estimate of drug-likeness (QED) is 0.909. The van der Waals surface area contributed by atoms with Crippen LogP contribution in [-0.4, -0.2) is 11.1 Å². The Bertz CT molecular complexity index is 627. The van der Waals surface area contributed by atoms with Gasteiger partial charge in [0, 0.05) is 0 Å². The molecule has 0 amide bonds. The van der Waals surface area contributed by atoms with Crippen LogP contribution in [0.25, 0.3) is 0 Å². The van der Waals surface area contributed by atoms with E-state index in [2.05, 4.69) is 0 Å². The summed E-state index contributed by atoms with van der Waals surface area (Å²) in [6.45, 7) is 0.328. The number of aromatic carboxylic acids is 1. The topological polar surface area (TPSA) is 70.3 Å². The van der Waals surface area contributed by atoms with Crippen LogP contribution in [0.4, 0.5) is 0 Å². The zero-order chi connectivity index (χ0) is 13.7. The maximum absolute atomic E-state index is 10.7. The predicted molar refractivity (Wildman–Crippen MR) is 68.9 cm³/mol. The van der Waals surface area contributed by atoms with Gasteiger partial charge in [0.15, 0.2) is 0 Å². The van der Waals surface area contributed by atoms with Crippen LogP contribution >= 0.6 is 0 Å². The smallest absolute Gasteiger partial charge is 0.335 e. The summed E-state index contributed by atoms with van der Waals surface area (Å²) < 4.78 is 5.54. The van der Waals surface area contributed by atoms with E-state index in [4.69, 9.17) is 15.1 Å². The minimum Gasteiger partial charge on any atom is -0.489 e. The molecule has 0 saturated heterocycles. The zero-order valence-corrected chi connectivity index (χ0v) is 10.0. The third-order valence-electron chi connectivity index (χ3n) is 2.57. The van der Waals surface area contributed by atoms with E-state index in [1.807, 2.05) is 6.07 Å². The lowest BCUT2D eigenvalue weighted by molar-refractivity contribution is 0.0697. The van der Waals surface area contributed by atoms with E-state index in [0.717, 1.165) is 5.56 Å². The molecule has 19 heavy (non-hydrogen) atoms. The van der Waals surface area contributed by atoms with Gasteiger partial charge in [-0.1, -0.05) is 18.2 Å². The minimum absolute atomic E-state index is 0.246. The number of hydrogen-bond donors (Lipinski definition) is 1. The zero-order valence-electron chi connectivity index (χ0n) is 10.0. The summed E-state index contributed by atoms with van der Waals surface area (Å²) in [6.07, 6.45) is 0. The van der Waals surface area contributed by atoms with Gasteiger partial charge in [0.25, 0.3) is 0 Å². The summed E-state index contributed by atoms with van der Waals surface area (Å²) in [5.74, 6) is -0.337. The second kappa shape index (κ2) is 5.69. The van der Waals surface area contributed by atoms with Crippen molar-refractivity contribution in [3.05, 3.63) is 65.2 Å². The second-order valence-electron chi connectivity index (χ2n) is 3.93. The first-order valence-electron chi connectivity index (χ1n) is 5.64. The Kier molecular flexibility index (Phi) is 3.79. The van der Waals surface area contributed by atoms with Crippen LogP contribution in [0.1, 0.15) is 21.5 Å². The number of rotatable bonds is 4. The molecule has 0 spiro atoms. The van der Waals surface area contributed by atoms with E-state index in [-0.39, 0.29) is 5.56 Å². The van der Waals surface area contributed by atoms with Gasteiger partial charge in [-0.3, -0.25) is 0 Å². The molecule has 2 aromatic rings.